The number of nitrogens with one attached hydrogen (secondary N) is 1. The summed E-state index contributed by atoms with van der Waals surface area (Å²) in [6, 6.07) is 4.60. The van der Waals surface area contributed by atoms with Gasteiger partial charge in [-0.15, -0.1) is 0 Å². The van der Waals surface area contributed by atoms with Crippen molar-refractivity contribution in [1.29, 1.82) is 0 Å². The molecule has 0 aliphatic rings. The van der Waals surface area contributed by atoms with E-state index in [1.54, 1.807) is 12.1 Å². The van der Waals surface area contributed by atoms with Crippen LogP contribution in [-0.2, 0) is 10.0 Å². The smallest absolute Gasteiger partial charge is 0.244 e. The maximum Gasteiger partial charge on any atom is 0.244 e. The molecule has 1 rings (SSSR count). The van der Waals surface area contributed by atoms with Crippen molar-refractivity contribution in [3.05, 3.63) is 18.2 Å². The van der Waals surface area contributed by atoms with Crippen LogP contribution in [0.3, 0.4) is 0 Å². The largest absolute Gasteiger partial charge is 0.495 e. The number of ether oxygens (including phenoxy) is 1. The highest BCUT2D eigenvalue weighted by Gasteiger charge is 2.32. The van der Waals surface area contributed by atoms with Crippen molar-refractivity contribution < 1.29 is 13.2 Å². The van der Waals surface area contributed by atoms with Crippen molar-refractivity contribution >= 4 is 15.7 Å². The zero-order valence-corrected chi connectivity index (χ0v) is 13.4. The molecule has 114 valence electrons. The van der Waals surface area contributed by atoms with E-state index in [-0.39, 0.29) is 4.90 Å². The van der Waals surface area contributed by atoms with Gasteiger partial charge in [0, 0.05) is 11.2 Å². The number of sulfonamides is 1. The van der Waals surface area contributed by atoms with E-state index in [2.05, 4.69) is 4.72 Å². The molecule has 0 bridgehead atoms. The molecule has 0 spiro atoms. The molecule has 6 heteroatoms. The molecule has 0 saturated carbocycles. The third-order valence-corrected chi connectivity index (χ3v) is 5.46. The van der Waals surface area contributed by atoms with E-state index in [9.17, 15) is 8.42 Å². The summed E-state index contributed by atoms with van der Waals surface area (Å²) in [5.74, 6) is 0.295. The quantitative estimate of drug-likeness (QED) is 0.758. The fraction of sp³-hybridized carbons (Fsp3) is 0.571. The predicted octanol–water partition coefficient (Wildman–Crippen LogP) is 2.52. The standard InChI is InChI=1S/C14H24N2O3S/c1-5-14(6-2,7-3)16-20(17,18)13-10-11(15)8-9-12(13)19-4/h8-10,16H,5-7,15H2,1-4H3. The Morgan fingerprint density at radius 3 is 2.20 bits per heavy atom. The van der Waals surface area contributed by atoms with Crippen LogP contribution in [-0.4, -0.2) is 21.1 Å². The molecule has 0 fully saturated rings. The number of nitrogens with two attached hydrogens (primary N) is 1. The molecule has 0 radical (unpaired) electrons. The Morgan fingerprint density at radius 2 is 1.75 bits per heavy atom. The zero-order chi connectivity index (χ0) is 15.4. The van der Waals surface area contributed by atoms with Crippen LogP contribution in [0.25, 0.3) is 0 Å². The van der Waals surface area contributed by atoms with Crippen molar-refractivity contribution in [3.63, 3.8) is 0 Å². The molecule has 3 N–H and O–H groups in total. The minimum absolute atomic E-state index is 0.0831. The van der Waals surface area contributed by atoms with Gasteiger partial charge >= 0.3 is 0 Å². The lowest BCUT2D eigenvalue weighted by Gasteiger charge is -2.31. The highest BCUT2D eigenvalue weighted by atomic mass is 32.2. The Hall–Kier alpha value is -1.27. The SMILES string of the molecule is CCC(CC)(CC)NS(=O)(=O)c1cc(N)ccc1OC. The molecular weight excluding hydrogens is 276 g/mol. The number of anilines is 1. The monoisotopic (exact) mass is 300 g/mol. The molecule has 1 aromatic carbocycles. The van der Waals surface area contributed by atoms with Gasteiger partial charge in [0.15, 0.2) is 0 Å². The third kappa shape index (κ3) is 3.43. The number of benzene rings is 1. The van der Waals surface area contributed by atoms with Gasteiger partial charge in [0.25, 0.3) is 0 Å². The maximum atomic E-state index is 12.6. The second-order valence-electron chi connectivity index (χ2n) is 4.86. The summed E-state index contributed by atoms with van der Waals surface area (Å²) in [6.07, 6.45) is 2.18. The summed E-state index contributed by atoms with van der Waals surface area (Å²) < 4.78 is 33.2. The topological polar surface area (TPSA) is 81.4 Å². The van der Waals surface area contributed by atoms with E-state index in [1.165, 1.54) is 13.2 Å². The van der Waals surface area contributed by atoms with Crippen molar-refractivity contribution in [3.8, 4) is 5.75 Å². The van der Waals surface area contributed by atoms with Crippen molar-refractivity contribution in [2.75, 3.05) is 12.8 Å². The third-order valence-electron chi connectivity index (χ3n) is 3.86. The number of rotatable bonds is 7. The fourth-order valence-electron chi connectivity index (χ4n) is 2.21. The van der Waals surface area contributed by atoms with Crippen molar-refractivity contribution in [2.24, 2.45) is 0 Å². The maximum absolute atomic E-state index is 12.6. The molecule has 0 heterocycles. The number of hydrogen-bond donors (Lipinski definition) is 2. The lowest BCUT2D eigenvalue weighted by atomic mass is 9.91. The first-order valence-corrected chi connectivity index (χ1v) is 8.30. The van der Waals surface area contributed by atoms with Gasteiger partial charge in [-0.25, -0.2) is 13.1 Å². The molecule has 0 atom stereocenters. The molecular formula is C14H24N2O3S. The number of nitrogen functional groups attached to an aromatic ring is 1. The van der Waals surface area contributed by atoms with E-state index >= 15 is 0 Å². The van der Waals surface area contributed by atoms with Crippen LogP contribution in [0.2, 0.25) is 0 Å². The van der Waals surface area contributed by atoms with Crippen LogP contribution in [0.15, 0.2) is 23.1 Å². The van der Waals surface area contributed by atoms with Gasteiger partial charge in [-0.2, -0.15) is 0 Å². The van der Waals surface area contributed by atoms with Gasteiger partial charge in [-0.05, 0) is 37.5 Å². The van der Waals surface area contributed by atoms with E-state index in [0.717, 1.165) is 19.3 Å². The highest BCUT2D eigenvalue weighted by molar-refractivity contribution is 7.89. The van der Waals surface area contributed by atoms with Crippen LogP contribution in [0, 0.1) is 0 Å². The average molecular weight is 300 g/mol. The molecule has 0 unspecified atom stereocenters. The second kappa shape index (κ2) is 6.45. The zero-order valence-electron chi connectivity index (χ0n) is 12.6. The van der Waals surface area contributed by atoms with E-state index in [1.807, 2.05) is 20.8 Å². The molecule has 1 aromatic rings. The first-order valence-electron chi connectivity index (χ1n) is 6.81. The van der Waals surface area contributed by atoms with Gasteiger partial charge in [-0.1, -0.05) is 20.8 Å². The highest BCUT2D eigenvalue weighted by Crippen LogP contribution is 2.29. The predicted molar refractivity (Wildman–Crippen MR) is 81.3 cm³/mol. The Morgan fingerprint density at radius 1 is 1.20 bits per heavy atom. The normalized spacial score (nSPS) is 12.4. The summed E-state index contributed by atoms with van der Waals surface area (Å²) in [4.78, 5) is 0.0831. The van der Waals surface area contributed by atoms with Gasteiger partial charge in [0.2, 0.25) is 10.0 Å². The number of hydrogen-bond acceptors (Lipinski definition) is 4. The Kier molecular flexibility index (Phi) is 5.42. The molecule has 0 aliphatic carbocycles. The van der Waals surface area contributed by atoms with Gasteiger partial charge in [-0.3, -0.25) is 0 Å². The van der Waals surface area contributed by atoms with Crippen LogP contribution in [0.1, 0.15) is 40.0 Å². The van der Waals surface area contributed by atoms with Crippen molar-refractivity contribution in [1.82, 2.24) is 4.72 Å². The Bertz CT molecular complexity index is 543. The minimum Gasteiger partial charge on any atom is -0.495 e. The average Bonchev–Trinajstić information content (AvgIpc) is 2.45. The lowest BCUT2D eigenvalue weighted by molar-refractivity contribution is 0.340. The molecule has 20 heavy (non-hydrogen) atoms. The Labute approximate surface area is 121 Å². The Balaban J connectivity index is 3.27. The molecule has 0 saturated heterocycles. The molecule has 5 nitrogen and oxygen atoms in total. The molecule has 0 aromatic heterocycles. The van der Waals surface area contributed by atoms with Crippen LogP contribution >= 0.6 is 0 Å². The van der Waals surface area contributed by atoms with Crippen LogP contribution in [0.4, 0.5) is 5.69 Å². The first-order chi connectivity index (χ1) is 9.34. The van der Waals surface area contributed by atoms with E-state index < -0.39 is 15.6 Å². The number of methoxy groups -OCH3 is 1. The molecule has 0 aliphatic heterocycles. The summed E-state index contributed by atoms with van der Waals surface area (Å²) in [7, 11) is -2.23. The van der Waals surface area contributed by atoms with Gasteiger partial charge < -0.3 is 10.5 Å². The summed E-state index contributed by atoms with van der Waals surface area (Å²) in [5, 5.41) is 0. The fourth-order valence-corrected chi connectivity index (χ4v) is 4.03. The van der Waals surface area contributed by atoms with Crippen LogP contribution in [0.5, 0.6) is 5.75 Å². The van der Waals surface area contributed by atoms with Crippen molar-refractivity contribution in [2.45, 2.75) is 50.5 Å². The minimum atomic E-state index is -3.67. The summed E-state index contributed by atoms with van der Waals surface area (Å²) in [5.41, 5.74) is 5.65. The lowest BCUT2D eigenvalue weighted by Crippen LogP contribution is -2.47. The van der Waals surface area contributed by atoms with E-state index in [0.29, 0.717) is 11.4 Å². The second-order valence-corrected chi connectivity index (χ2v) is 6.51. The molecule has 0 amide bonds. The first kappa shape index (κ1) is 16.8. The van der Waals surface area contributed by atoms with Crippen LogP contribution < -0.4 is 15.2 Å². The summed E-state index contributed by atoms with van der Waals surface area (Å²) in [6.45, 7) is 5.93. The van der Waals surface area contributed by atoms with Gasteiger partial charge in [0.05, 0.1) is 7.11 Å². The summed E-state index contributed by atoms with van der Waals surface area (Å²) >= 11 is 0. The van der Waals surface area contributed by atoms with Gasteiger partial charge in [0.1, 0.15) is 10.6 Å². The van der Waals surface area contributed by atoms with E-state index in [4.69, 9.17) is 10.5 Å².